The third-order valence-corrected chi connectivity index (χ3v) is 3.07. The number of aliphatic hydroxyl groups excluding tert-OH is 1. The molecule has 1 aromatic carbocycles. The van der Waals surface area contributed by atoms with Gasteiger partial charge in [-0.05, 0) is 29.9 Å². The van der Waals surface area contributed by atoms with E-state index in [1.165, 1.54) is 18.4 Å². The predicted molar refractivity (Wildman–Crippen MR) is 63.4 cm³/mol. The van der Waals surface area contributed by atoms with E-state index in [1.807, 2.05) is 18.2 Å². The van der Waals surface area contributed by atoms with Crippen LogP contribution in [-0.4, -0.2) is 11.2 Å². The molecular formula is C14H18O. The summed E-state index contributed by atoms with van der Waals surface area (Å²) in [7, 11) is 0. The lowest BCUT2D eigenvalue weighted by Gasteiger charge is -2.08. The zero-order valence-electron chi connectivity index (χ0n) is 9.19. The van der Waals surface area contributed by atoms with Crippen molar-refractivity contribution in [2.75, 3.05) is 0 Å². The van der Waals surface area contributed by atoms with Gasteiger partial charge in [-0.25, -0.2) is 0 Å². The van der Waals surface area contributed by atoms with E-state index in [-0.39, 0.29) is 6.10 Å². The molecule has 1 heteroatoms. The molecule has 1 aliphatic carbocycles. The quantitative estimate of drug-likeness (QED) is 0.797. The van der Waals surface area contributed by atoms with Gasteiger partial charge in [-0.3, -0.25) is 0 Å². The molecule has 0 radical (unpaired) electrons. The van der Waals surface area contributed by atoms with E-state index in [9.17, 15) is 5.11 Å². The Morgan fingerprint density at radius 1 is 1.27 bits per heavy atom. The van der Waals surface area contributed by atoms with Crippen LogP contribution in [0.3, 0.4) is 0 Å². The maximum atomic E-state index is 9.97. The fraction of sp³-hybridized carbons (Fsp3) is 0.429. The van der Waals surface area contributed by atoms with Crippen molar-refractivity contribution >= 4 is 5.57 Å². The third kappa shape index (κ3) is 2.29. The molecule has 1 N–H and O–H groups in total. The summed E-state index contributed by atoms with van der Waals surface area (Å²) in [4.78, 5) is 0. The summed E-state index contributed by atoms with van der Waals surface area (Å²) in [5, 5.41) is 9.97. The zero-order chi connectivity index (χ0) is 10.7. The van der Waals surface area contributed by atoms with Gasteiger partial charge in [0, 0.05) is 0 Å². The first kappa shape index (κ1) is 10.4. The van der Waals surface area contributed by atoms with Gasteiger partial charge >= 0.3 is 0 Å². The molecule has 2 atom stereocenters. The van der Waals surface area contributed by atoms with Crippen molar-refractivity contribution in [1.29, 1.82) is 0 Å². The van der Waals surface area contributed by atoms with Crippen LogP contribution in [0.5, 0.6) is 0 Å². The Hall–Kier alpha value is -1.08. The summed E-state index contributed by atoms with van der Waals surface area (Å²) in [5.41, 5.74) is 2.29. The highest BCUT2D eigenvalue weighted by Gasteiger charge is 2.24. The van der Waals surface area contributed by atoms with Crippen molar-refractivity contribution in [2.45, 2.75) is 32.3 Å². The number of hydrogen-bond acceptors (Lipinski definition) is 1. The molecule has 0 saturated heterocycles. The molecule has 1 nitrogen and oxygen atoms in total. The molecule has 0 bridgehead atoms. The van der Waals surface area contributed by atoms with Crippen molar-refractivity contribution in [3.8, 4) is 0 Å². The largest absolute Gasteiger partial charge is 0.388 e. The van der Waals surface area contributed by atoms with E-state index in [0.29, 0.717) is 5.92 Å². The summed E-state index contributed by atoms with van der Waals surface area (Å²) >= 11 is 0. The highest BCUT2D eigenvalue weighted by molar-refractivity contribution is 5.70. The molecule has 0 saturated carbocycles. The first-order valence-electron chi connectivity index (χ1n) is 5.76. The second-order valence-corrected chi connectivity index (χ2v) is 4.29. The van der Waals surface area contributed by atoms with Crippen molar-refractivity contribution in [1.82, 2.24) is 0 Å². The van der Waals surface area contributed by atoms with Crippen molar-refractivity contribution in [2.24, 2.45) is 5.92 Å². The van der Waals surface area contributed by atoms with Gasteiger partial charge in [0.25, 0.3) is 0 Å². The van der Waals surface area contributed by atoms with Crippen LogP contribution >= 0.6 is 0 Å². The minimum absolute atomic E-state index is 0.260. The lowest BCUT2D eigenvalue weighted by molar-refractivity contribution is 0.215. The Balaban J connectivity index is 2.18. The molecule has 2 unspecified atom stereocenters. The lowest BCUT2D eigenvalue weighted by atomic mass is 10.0. The maximum Gasteiger partial charge on any atom is 0.0798 e. The Morgan fingerprint density at radius 2 is 2.00 bits per heavy atom. The summed E-state index contributed by atoms with van der Waals surface area (Å²) in [6.45, 7) is 2.20. The number of hydrogen-bond donors (Lipinski definition) is 1. The topological polar surface area (TPSA) is 20.2 Å². The van der Waals surface area contributed by atoms with Gasteiger partial charge in [-0.1, -0.05) is 49.8 Å². The maximum absolute atomic E-state index is 9.97. The minimum atomic E-state index is -0.260. The van der Waals surface area contributed by atoms with E-state index in [4.69, 9.17) is 0 Å². The fourth-order valence-electron chi connectivity index (χ4n) is 2.34. The van der Waals surface area contributed by atoms with Crippen molar-refractivity contribution in [3.05, 3.63) is 42.0 Å². The molecule has 0 aromatic heterocycles. The molecular weight excluding hydrogens is 184 g/mol. The molecule has 1 aromatic rings. The van der Waals surface area contributed by atoms with Gasteiger partial charge < -0.3 is 5.11 Å². The first-order chi connectivity index (χ1) is 7.31. The van der Waals surface area contributed by atoms with Crippen LogP contribution in [0.2, 0.25) is 0 Å². The van der Waals surface area contributed by atoms with E-state index >= 15 is 0 Å². The molecule has 0 fully saturated rings. The van der Waals surface area contributed by atoms with Crippen LogP contribution < -0.4 is 0 Å². The summed E-state index contributed by atoms with van der Waals surface area (Å²) < 4.78 is 0. The molecule has 1 aliphatic rings. The van der Waals surface area contributed by atoms with Crippen molar-refractivity contribution < 1.29 is 5.11 Å². The predicted octanol–water partition coefficient (Wildman–Crippen LogP) is 3.25. The SMILES string of the molecule is CCCC1C=C(c2ccccc2)C(O)C1. The van der Waals surface area contributed by atoms with E-state index in [2.05, 4.69) is 25.1 Å². The molecule has 2 rings (SSSR count). The van der Waals surface area contributed by atoms with Crippen LogP contribution in [0.1, 0.15) is 31.7 Å². The number of aliphatic hydroxyl groups is 1. The minimum Gasteiger partial charge on any atom is -0.388 e. The number of benzene rings is 1. The summed E-state index contributed by atoms with van der Waals surface area (Å²) in [6.07, 6.45) is 5.27. The molecule has 0 amide bonds. The highest BCUT2D eigenvalue weighted by Crippen LogP contribution is 2.33. The van der Waals surface area contributed by atoms with Crippen LogP contribution in [-0.2, 0) is 0 Å². The van der Waals surface area contributed by atoms with Gasteiger partial charge in [-0.15, -0.1) is 0 Å². The van der Waals surface area contributed by atoms with E-state index in [0.717, 1.165) is 12.0 Å². The van der Waals surface area contributed by atoms with Gasteiger partial charge in [0.1, 0.15) is 0 Å². The molecule has 15 heavy (non-hydrogen) atoms. The Kier molecular flexibility index (Phi) is 3.22. The molecule has 0 aliphatic heterocycles. The first-order valence-corrected chi connectivity index (χ1v) is 5.76. The van der Waals surface area contributed by atoms with Crippen molar-refractivity contribution in [3.63, 3.8) is 0 Å². The second kappa shape index (κ2) is 4.63. The molecule has 0 spiro atoms. The fourth-order valence-corrected chi connectivity index (χ4v) is 2.34. The Labute approximate surface area is 91.4 Å². The number of allylic oxidation sites excluding steroid dienone is 1. The average molecular weight is 202 g/mol. The van der Waals surface area contributed by atoms with Crippen LogP contribution in [0.15, 0.2) is 36.4 Å². The highest BCUT2D eigenvalue weighted by atomic mass is 16.3. The van der Waals surface area contributed by atoms with Crippen LogP contribution in [0, 0.1) is 5.92 Å². The van der Waals surface area contributed by atoms with E-state index < -0.39 is 0 Å². The number of rotatable bonds is 3. The average Bonchev–Trinajstić information content (AvgIpc) is 2.61. The molecule has 80 valence electrons. The summed E-state index contributed by atoms with van der Waals surface area (Å²) in [6, 6.07) is 10.2. The van der Waals surface area contributed by atoms with Gasteiger partial charge in [0.2, 0.25) is 0 Å². The normalized spacial score (nSPS) is 25.3. The zero-order valence-corrected chi connectivity index (χ0v) is 9.19. The Morgan fingerprint density at radius 3 is 2.67 bits per heavy atom. The third-order valence-electron chi connectivity index (χ3n) is 3.07. The molecule has 0 heterocycles. The standard InChI is InChI=1S/C14H18O/c1-2-6-11-9-13(14(15)10-11)12-7-4-3-5-8-12/h3-5,7-9,11,14-15H,2,6,10H2,1H3. The van der Waals surface area contributed by atoms with Gasteiger partial charge in [0.05, 0.1) is 6.10 Å². The Bertz CT molecular complexity index is 340. The monoisotopic (exact) mass is 202 g/mol. The van der Waals surface area contributed by atoms with Gasteiger partial charge in [-0.2, -0.15) is 0 Å². The van der Waals surface area contributed by atoms with E-state index in [1.54, 1.807) is 0 Å². The summed E-state index contributed by atoms with van der Waals surface area (Å²) in [5.74, 6) is 0.570. The smallest absolute Gasteiger partial charge is 0.0798 e. The second-order valence-electron chi connectivity index (χ2n) is 4.29. The lowest BCUT2D eigenvalue weighted by Crippen LogP contribution is -2.05. The van der Waals surface area contributed by atoms with Crippen LogP contribution in [0.4, 0.5) is 0 Å². The van der Waals surface area contributed by atoms with Crippen LogP contribution in [0.25, 0.3) is 5.57 Å². The van der Waals surface area contributed by atoms with Gasteiger partial charge in [0.15, 0.2) is 0 Å².